The van der Waals surface area contributed by atoms with Crippen LogP contribution >= 0.6 is 0 Å². The number of hydrogen-bond acceptors (Lipinski definition) is 2. The molecule has 1 spiro atoms. The molecule has 0 radical (unpaired) electrons. The van der Waals surface area contributed by atoms with E-state index in [1.807, 2.05) is 18.2 Å². The van der Waals surface area contributed by atoms with Crippen molar-refractivity contribution in [1.29, 1.82) is 0 Å². The summed E-state index contributed by atoms with van der Waals surface area (Å²) in [5.74, 6) is 0.502. The Kier molecular flexibility index (Phi) is 3.13. The van der Waals surface area contributed by atoms with Crippen LogP contribution in [-0.4, -0.2) is 12.5 Å². The number of carbonyl (C=O) groups is 1. The lowest BCUT2D eigenvalue weighted by atomic mass is 9.55. The van der Waals surface area contributed by atoms with Crippen LogP contribution in [0, 0.1) is 11.3 Å². The van der Waals surface area contributed by atoms with E-state index in [2.05, 4.69) is 25.2 Å². The van der Waals surface area contributed by atoms with Gasteiger partial charge in [-0.2, -0.15) is 0 Å². The van der Waals surface area contributed by atoms with E-state index >= 15 is 0 Å². The summed E-state index contributed by atoms with van der Waals surface area (Å²) >= 11 is 0. The number of carbonyl (C=O) groups excluding carboxylic acids is 1. The highest BCUT2D eigenvalue weighted by molar-refractivity contribution is 6.06. The van der Waals surface area contributed by atoms with E-state index in [-0.39, 0.29) is 16.7 Å². The Hall–Kier alpha value is -1.35. The van der Waals surface area contributed by atoms with Gasteiger partial charge in [0.1, 0.15) is 0 Å². The number of benzene rings is 1. The monoisotopic (exact) mass is 272 g/mol. The fourth-order valence-corrected chi connectivity index (χ4v) is 4.30. The molecule has 108 valence electrons. The maximum absolute atomic E-state index is 12.8. The van der Waals surface area contributed by atoms with Gasteiger partial charge in [0.2, 0.25) is 5.91 Å². The van der Waals surface area contributed by atoms with E-state index < -0.39 is 0 Å². The molecule has 3 rings (SSSR count). The lowest BCUT2D eigenvalue weighted by molar-refractivity contribution is -0.126. The van der Waals surface area contributed by atoms with Gasteiger partial charge in [0, 0.05) is 5.69 Å². The zero-order valence-corrected chi connectivity index (χ0v) is 12.4. The van der Waals surface area contributed by atoms with Gasteiger partial charge in [-0.3, -0.25) is 4.79 Å². The molecule has 1 aliphatic heterocycles. The number of amides is 1. The Bertz CT molecular complexity index is 538. The minimum atomic E-state index is -0.363. The maximum Gasteiger partial charge on any atom is 0.235 e. The van der Waals surface area contributed by atoms with Crippen LogP contribution in [0.25, 0.3) is 0 Å². The molecule has 3 nitrogen and oxygen atoms in total. The Morgan fingerprint density at radius 1 is 1.35 bits per heavy atom. The van der Waals surface area contributed by atoms with Crippen molar-refractivity contribution in [2.24, 2.45) is 17.1 Å². The quantitative estimate of drug-likeness (QED) is 0.869. The zero-order valence-electron chi connectivity index (χ0n) is 12.4. The molecule has 3 heteroatoms. The van der Waals surface area contributed by atoms with Crippen molar-refractivity contribution in [3.05, 3.63) is 29.8 Å². The molecular weight excluding hydrogens is 248 g/mol. The number of nitrogens with one attached hydrogen (secondary N) is 1. The van der Waals surface area contributed by atoms with Gasteiger partial charge in [-0.05, 0) is 42.3 Å². The predicted octanol–water partition coefficient (Wildman–Crippen LogP) is 3.05. The first-order chi connectivity index (χ1) is 9.52. The molecule has 1 fully saturated rings. The van der Waals surface area contributed by atoms with Gasteiger partial charge in [0.05, 0.1) is 5.41 Å². The minimum absolute atomic E-state index is 0.0186. The number of para-hydroxylation sites is 1. The van der Waals surface area contributed by atoms with Crippen LogP contribution in [0.4, 0.5) is 5.69 Å². The average Bonchev–Trinajstić information content (AvgIpc) is 2.73. The number of rotatable bonds is 2. The molecule has 0 bridgehead atoms. The lowest BCUT2D eigenvalue weighted by Gasteiger charge is -2.47. The molecule has 1 heterocycles. The summed E-state index contributed by atoms with van der Waals surface area (Å²) < 4.78 is 0. The summed E-state index contributed by atoms with van der Waals surface area (Å²) in [6.45, 7) is 5.03. The van der Waals surface area contributed by atoms with Crippen molar-refractivity contribution in [2.75, 3.05) is 11.9 Å². The van der Waals surface area contributed by atoms with Gasteiger partial charge < -0.3 is 11.1 Å². The SMILES string of the molecule is CC(C)(CN)C1CCCCC12C(=O)Nc1ccccc12. The summed E-state index contributed by atoms with van der Waals surface area (Å²) in [6.07, 6.45) is 4.36. The number of nitrogens with two attached hydrogens (primary N) is 1. The third kappa shape index (κ3) is 1.72. The van der Waals surface area contributed by atoms with Crippen molar-refractivity contribution in [3.63, 3.8) is 0 Å². The fourth-order valence-electron chi connectivity index (χ4n) is 4.30. The van der Waals surface area contributed by atoms with Crippen molar-refractivity contribution in [1.82, 2.24) is 0 Å². The van der Waals surface area contributed by atoms with E-state index in [0.29, 0.717) is 12.5 Å². The molecule has 2 unspecified atom stereocenters. The fraction of sp³-hybridized carbons (Fsp3) is 0.588. The van der Waals surface area contributed by atoms with Crippen molar-refractivity contribution in [3.8, 4) is 0 Å². The maximum atomic E-state index is 12.8. The molecule has 20 heavy (non-hydrogen) atoms. The first-order valence-corrected chi connectivity index (χ1v) is 7.63. The Morgan fingerprint density at radius 3 is 2.85 bits per heavy atom. The molecule has 1 saturated carbocycles. The van der Waals surface area contributed by atoms with Gasteiger partial charge in [0.25, 0.3) is 0 Å². The average molecular weight is 272 g/mol. The van der Waals surface area contributed by atoms with E-state index in [1.165, 1.54) is 12.0 Å². The van der Waals surface area contributed by atoms with Gasteiger partial charge in [-0.25, -0.2) is 0 Å². The van der Waals surface area contributed by atoms with Crippen LogP contribution in [-0.2, 0) is 10.2 Å². The van der Waals surface area contributed by atoms with E-state index in [4.69, 9.17) is 5.73 Å². The molecule has 2 atom stereocenters. The van der Waals surface area contributed by atoms with E-state index in [0.717, 1.165) is 24.9 Å². The molecule has 0 aromatic heterocycles. The summed E-state index contributed by atoms with van der Waals surface area (Å²) in [4.78, 5) is 12.8. The van der Waals surface area contributed by atoms with Gasteiger partial charge in [-0.15, -0.1) is 0 Å². The molecular formula is C17H24N2O. The van der Waals surface area contributed by atoms with Crippen molar-refractivity contribution < 1.29 is 4.79 Å². The molecule has 1 amide bonds. The van der Waals surface area contributed by atoms with Crippen LogP contribution in [0.15, 0.2) is 24.3 Å². The third-order valence-corrected chi connectivity index (χ3v) is 5.44. The first kappa shape index (κ1) is 13.6. The van der Waals surface area contributed by atoms with Crippen molar-refractivity contribution in [2.45, 2.75) is 44.9 Å². The van der Waals surface area contributed by atoms with Gasteiger partial charge >= 0.3 is 0 Å². The highest BCUT2D eigenvalue weighted by Gasteiger charge is 2.56. The second-order valence-corrected chi connectivity index (χ2v) is 6.96. The smallest absolute Gasteiger partial charge is 0.235 e. The first-order valence-electron chi connectivity index (χ1n) is 7.63. The zero-order chi connectivity index (χ0) is 14.4. The topological polar surface area (TPSA) is 55.1 Å². The number of anilines is 1. The van der Waals surface area contributed by atoms with Crippen LogP contribution < -0.4 is 11.1 Å². The Balaban J connectivity index is 2.15. The van der Waals surface area contributed by atoms with E-state index in [9.17, 15) is 4.79 Å². The summed E-state index contributed by atoms with van der Waals surface area (Å²) in [5, 5.41) is 3.10. The summed E-state index contributed by atoms with van der Waals surface area (Å²) in [7, 11) is 0. The minimum Gasteiger partial charge on any atom is -0.330 e. The van der Waals surface area contributed by atoms with Crippen LogP contribution in [0.2, 0.25) is 0 Å². The normalized spacial score (nSPS) is 29.4. The van der Waals surface area contributed by atoms with E-state index in [1.54, 1.807) is 0 Å². The second-order valence-electron chi connectivity index (χ2n) is 6.96. The van der Waals surface area contributed by atoms with Crippen LogP contribution in [0.3, 0.4) is 0 Å². The Morgan fingerprint density at radius 2 is 2.10 bits per heavy atom. The molecule has 1 aromatic rings. The predicted molar refractivity (Wildman–Crippen MR) is 81.5 cm³/mol. The highest BCUT2D eigenvalue weighted by Crippen LogP contribution is 2.55. The summed E-state index contributed by atoms with van der Waals surface area (Å²) in [6, 6.07) is 8.17. The second kappa shape index (κ2) is 4.59. The van der Waals surface area contributed by atoms with Gasteiger partial charge in [-0.1, -0.05) is 44.9 Å². The van der Waals surface area contributed by atoms with Crippen LogP contribution in [0.1, 0.15) is 45.1 Å². The third-order valence-electron chi connectivity index (χ3n) is 5.44. The molecule has 1 aromatic carbocycles. The van der Waals surface area contributed by atoms with Crippen molar-refractivity contribution >= 4 is 11.6 Å². The highest BCUT2D eigenvalue weighted by atomic mass is 16.2. The number of hydrogen-bond donors (Lipinski definition) is 2. The lowest BCUT2D eigenvalue weighted by Crippen LogP contribution is -2.51. The van der Waals surface area contributed by atoms with Crippen LogP contribution in [0.5, 0.6) is 0 Å². The standard InChI is InChI=1S/C17H24N2O/c1-16(2,11-18)14-9-5-6-10-17(14)12-7-3-4-8-13(12)19-15(17)20/h3-4,7-8,14H,5-6,9-11,18H2,1-2H3,(H,19,20). The number of fused-ring (bicyclic) bond motifs is 2. The Labute approximate surface area is 120 Å². The summed E-state index contributed by atoms with van der Waals surface area (Å²) in [5.41, 5.74) is 7.83. The molecule has 0 saturated heterocycles. The largest absolute Gasteiger partial charge is 0.330 e. The molecule has 3 N–H and O–H groups in total. The molecule has 1 aliphatic carbocycles. The van der Waals surface area contributed by atoms with Gasteiger partial charge in [0.15, 0.2) is 0 Å². The molecule has 2 aliphatic rings.